The van der Waals surface area contributed by atoms with Gasteiger partial charge in [0.1, 0.15) is 23.8 Å². The summed E-state index contributed by atoms with van der Waals surface area (Å²) in [5, 5.41) is 11.3. The van der Waals surface area contributed by atoms with Crippen LogP contribution in [0.15, 0.2) is 31.2 Å². The average Bonchev–Trinajstić information content (AvgIpc) is 3.51. The molecule has 0 bridgehead atoms. The van der Waals surface area contributed by atoms with Crippen molar-refractivity contribution in [2.75, 3.05) is 13.1 Å². The summed E-state index contributed by atoms with van der Waals surface area (Å²) in [5.74, 6) is -3.20. The highest BCUT2D eigenvalue weighted by Gasteiger charge is 2.48. The third-order valence-corrected chi connectivity index (χ3v) is 10.8. The van der Waals surface area contributed by atoms with Gasteiger partial charge in [0.25, 0.3) is 11.8 Å². The minimum Gasteiger partial charge on any atom is -0.346 e. The van der Waals surface area contributed by atoms with Crippen molar-refractivity contribution < 1.29 is 28.8 Å². The molecule has 1 aliphatic heterocycles. The Morgan fingerprint density at radius 3 is 2.21 bits per heavy atom. The summed E-state index contributed by atoms with van der Waals surface area (Å²) >= 11 is 0. The molecular weight excluding hydrogens is 662 g/mol. The van der Waals surface area contributed by atoms with Gasteiger partial charge in [0.05, 0.1) is 12.2 Å². The van der Waals surface area contributed by atoms with Crippen LogP contribution in [-0.2, 0) is 24.0 Å². The Labute approximate surface area is 308 Å². The van der Waals surface area contributed by atoms with Crippen molar-refractivity contribution in [3.05, 3.63) is 36.9 Å². The quantitative estimate of drug-likeness (QED) is 0.148. The molecule has 4 rings (SSSR count). The predicted octanol–water partition coefficient (Wildman–Crippen LogP) is 3.50. The van der Waals surface area contributed by atoms with Crippen LogP contribution in [0.25, 0.3) is 0 Å². The zero-order valence-corrected chi connectivity index (χ0v) is 31.6. The van der Waals surface area contributed by atoms with Crippen molar-refractivity contribution in [3.63, 3.8) is 0 Å². The standard InChI is InChI=1S/C39H59N7O6/c1-7-17-42-37(51)32(47)28(22-25-12-11-13-25)43-36(50)31-27(21-24(2)3)16-20-46(31)38(52)33(39(4,5)6)45-35(49)30(26-14-9-8-10-15-26)44-34(48)29-23-40-18-19-41-29/h7,18-19,23-28,30-31,33H,1,8-17,20-22H2,2-6H3,(H,42,51)(H,43,50)(H,44,48)(H,45,49)/t27-,28?,30+,31+,33-/m1/s1. The molecule has 4 N–H and O–H groups in total. The molecule has 2 aliphatic carbocycles. The van der Waals surface area contributed by atoms with E-state index in [0.29, 0.717) is 25.8 Å². The van der Waals surface area contributed by atoms with Crippen LogP contribution in [0.1, 0.15) is 116 Å². The maximum Gasteiger partial charge on any atom is 0.289 e. The van der Waals surface area contributed by atoms with Gasteiger partial charge in [-0.05, 0) is 61.2 Å². The van der Waals surface area contributed by atoms with E-state index in [4.69, 9.17) is 0 Å². The highest BCUT2D eigenvalue weighted by Crippen LogP contribution is 2.35. The van der Waals surface area contributed by atoms with Crippen LogP contribution in [-0.4, -0.2) is 87.4 Å². The molecule has 1 aromatic rings. The zero-order valence-electron chi connectivity index (χ0n) is 31.6. The van der Waals surface area contributed by atoms with E-state index in [9.17, 15) is 28.8 Å². The normalized spacial score (nSPS) is 21.3. The lowest BCUT2D eigenvalue weighted by atomic mass is 9.80. The number of carbonyl (C=O) groups is 6. The Kier molecular flexibility index (Phi) is 14.5. The molecule has 1 aromatic heterocycles. The largest absolute Gasteiger partial charge is 0.346 e. The molecule has 5 atom stereocenters. The Morgan fingerprint density at radius 1 is 0.923 bits per heavy atom. The number of Topliss-reactive ketones (excluding diaryl/α,β-unsaturated/α-hetero) is 1. The number of hydrogen-bond donors (Lipinski definition) is 4. The van der Waals surface area contributed by atoms with E-state index in [1.807, 2.05) is 20.8 Å². The molecule has 3 fully saturated rings. The molecule has 0 aromatic carbocycles. The smallest absolute Gasteiger partial charge is 0.289 e. The van der Waals surface area contributed by atoms with Crippen LogP contribution in [0.4, 0.5) is 0 Å². The fourth-order valence-corrected chi connectivity index (χ4v) is 7.82. The van der Waals surface area contributed by atoms with Crippen molar-refractivity contribution in [2.45, 2.75) is 129 Å². The van der Waals surface area contributed by atoms with Gasteiger partial charge in [-0.25, -0.2) is 4.98 Å². The number of carbonyl (C=O) groups excluding carboxylic acids is 6. The molecule has 13 heteroatoms. The highest BCUT2D eigenvalue weighted by atomic mass is 16.2. The van der Waals surface area contributed by atoms with E-state index >= 15 is 0 Å². The van der Waals surface area contributed by atoms with Gasteiger partial charge in [-0.3, -0.25) is 33.8 Å². The molecule has 1 saturated heterocycles. The number of hydrogen-bond acceptors (Lipinski definition) is 8. The second-order valence-electron chi connectivity index (χ2n) is 16.4. The van der Waals surface area contributed by atoms with E-state index in [2.05, 4.69) is 51.7 Å². The molecule has 286 valence electrons. The highest BCUT2D eigenvalue weighted by molar-refractivity contribution is 6.38. The van der Waals surface area contributed by atoms with Crippen molar-refractivity contribution >= 4 is 35.3 Å². The van der Waals surface area contributed by atoms with Gasteiger partial charge < -0.3 is 26.2 Å². The fourth-order valence-electron chi connectivity index (χ4n) is 7.82. The lowest BCUT2D eigenvalue weighted by Crippen LogP contribution is -2.62. The predicted molar refractivity (Wildman–Crippen MR) is 196 cm³/mol. The maximum absolute atomic E-state index is 14.7. The molecule has 13 nitrogen and oxygen atoms in total. The van der Waals surface area contributed by atoms with Crippen LogP contribution in [0.5, 0.6) is 0 Å². The molecule has 3 aliphatic rings. The van der Waals surface area contributed by atoms with Gasteiger partial charge in [0.15, 0.2) is 0 Å². The average molecular weight is 722 g/mol. The Hall–Kier alpha value is -4.16. The number of rotatable bonds is 16. The lowest BCUT2D eigenvalue weighted by Gasteiger charge is -2.38. The number of nitrogens with one attached hydrogen (secondary N) is 4. The number of ketones is 1. The third kappa shape index (κ3) is 10.7. The third-order valence-electron chi connectivity index (χ3n) is 10.8. The molecule has 0 spiro atoms. The minimum absolute atomic E-state index is 0.0916. The first-order chi connectivity index (χ1) is 24.7. The SMILES string of the molecule is C=CCNC(=O)C(=O)C(CC1CCC1)NC(=O)[C@@H]1[C@@H](CC(C)C)CCN1C(=O)[C@@H](NC(=O)[C@@H](NC(=O)c1cnccn1)C1CCCCC1)C(C)(C)C. The summed E-state index contributed by atoms with van der Waals surface area (Å²) in [5.41, 5.74) is -0.670. The number of amides is 5. The van der Waals surface area contributed by atoms with Gasteiger partial charge >= 0.3 is 0 Å². The molecule has 1 unspecified atom stereocenters. The monoisotopic (exact) mass is 721 g/mol. The number of nitrogens with zero attached hydrogens (tertiary/aromatic N) is 3. The van der Waals surface area contributed by atoms with Crippen LogP contribution in [0.2, 0.25) is 0 Å². The first kappa shape index (κ1) is 40.6. The van der Waals surface area contributed by atoms with E-state index in [1.54, 1.807) is 4.90 Å². The van der Waals surface area contributed by atoms with Crippen LogP contribution in [0, 0.1) is 29.1 Å². The van der Waals surface area contributed by atoms with E-state index in [0.717, 1.165) is 51.4 Å². The van der Waals surface area contributed by atoms with Crippen molar-refractivity contribution in [1.29, 1.82) is 0 Å². The van der Waals surface area contributed by atoms with Gasteiger partial charge in [-0.1, -0.05) is 79.2 Å². The van der Waals surface area contributed by atoms with Gasteiger partial charge in [-0.2, -0.15) is 0 Å². The fraction of sp³-hybridized carbons (Fsp3) is 0.692. The van der Waals surface area contributed by atoms with E-state index in [1.165, 1.54) is 24.7 Å². The lowest BCUT2D eigenvalue weighted by molar-refractivity contribution is -0.146. The molecular formula is C39H59N7O6. The first-order valence-electron chi connectivity index (χ1n) is 19.1. The molecule has 5 amide bonds. The topological polar surface area (TPSA) is 180 Å². The van der Waals surface area contributed by atoms with E-state index < -0.39 is 64.9 Å². The Balaban J connectivity index is 1.59. The summed E-state index contributed by atoms with van der Waals surface area (Å²) in [6.45, 7) is 13.7. The Bertz CT molecular complexity index is 1430. The van der Waals surface area contributed by atoms with Gasteiger partial charge in [0.2, 0.25) is 23.5 Å². The van der Waals surface area contributed by atoms with Crippen molar-refractivity contribution in [1.82, 2.24) is 36.1 Å². The molecule has 0 radical (unpaired) electrons. The molecule has 2 saturated carbocycles. The van der Waals surface area contributed by atoms with Gasteiger partial charge in [-0.15, -0.1) is 6.58 Å². The van der Waals surface area contributed by atoms with Crippen molar-refractivity contribution in [3.8, 4) is 0 Å². The van der Waals surface area contributed by atoms with Crippen LogP contribution < -0.4 is 21.3 Å². The zero-order chi connectivity index (χ0) is 38.0. The molecule has 2 heterocycles. The summed E-state index contributed by atoms with van der Waals surface area (Å²) < 4.78 is 0. The maximum atomic E-state index is 14.7. The first-order valence-corrected chi connectivity index (χ1v) is 19.1. The summed E-state index contributed by atoms with van der Waals surface area (Å²) in [6.07, 6.45) is 14.6. The summed E-state index contributed by atoms with van der Waals surface area (Å²) in [4.78, 5) is 92.1. The van der Waals surface area contributed by atoms with Gasteiger partial charge in [0, 0.05) is 25.5 Å². The van der Waals surface area contributed by atoms with E-state index in [-0.39, 0.29) is 35.9 Å². The molecule has 52 heavy (non-hydrogen) atoms. The van der Waals surface area contributed by atoms with Crippen LogP contribution in [0.3, 0.4) is 0 Å². The summed E-state index contributed by atoms with van der Waals surface area (Å²) in [6, 6.07) is -3.84. The number of aromatic nitrogens is 2. The van der Waals surface area contributed by atoms with Crippen LogP contribution >= 0.6 is 0 Å². The second-order valence-corrected chi connectivity index (χ2v) is 16.4. The number of likely N-dealkylation sites (tertiary alicyclic amines) is 1. The summed E-state index contributed by atoms with van der Waals surface area (Å²) in [7, 11) is 0. The second kappa shape index (κ2) is 18.6. The Morgan fingerprint density at radius 2 is 1.63 bits per heavy atom. The minimum atomic E-state index is -1.02. The van der Waals surface area contributed by atoms with Crippen molar-refractivity contribution in [2.24, 2.45) is 29.1 Å².